The zero-order valence-electron chi connectivity index (χ0n) is 9.23. The molecule has 0 spiro atoms. The highest BCUT2D eigenvalue weighted by Crippen LogP contribution is 2.45. The fourth-order valence-electron chi connectivity index (χ4n) is 2.19. The Hall–Kier alpha value is 0.0900. The van der Waals surface area contributed by atoms with Gasteiger partial charge in [-0.1, -0.05) is 0 Å². The van der Waals surface area contributed by atoms with Crippen molar-refractivity contribution >= 4 is 37.3 Å². The molecule has 1 heterocycles. The summed E-state index contributed by atoms with van der Waals surface area (Å²) in [6.45, 7) is 0. The number of halogens is 1. The van der Waals surface area contributed by atoms with Crippen molar-refractivity contribution in [1.82, 2.24) is 4.72 Å². The average molecular weight is 336 g/mol. The molecule has 0 atom stereocenters. The second-order valence-electron chi connectivity index (χ2n) is 4.88. The highest BCUT2D eigenvalue weighted by molar-refractivity contribution is 9.10. The molecule has 1 aromatic rings. The number of rotatable bonds is 5. The molecule has 0 bridgehead atoms. The second kappa shape index (κ2) is 4.33. The van der Waals surface area contributed by atoms with Crippen LogP contribution in [0, 0.1) is 11.8 Å². The van der Waals surface area contributed by atoms with Gasteiger partial charge in [-0.15, -0.1) is 11.3 Å². The normalized spacial score (nSPS) is 21.1. The van der Waals surface area contributed by atoms with Gasteiger partial charge in [-0.3, -0.25) is 0 Å². The number of sulfonamides is 1. The van der Waals surface area contributed by atoms with Crippen LogP contribution >= 0.6 is 27.3 Å². The topological polar surface area (TPSA) is 46.2 Å². The summed E-state index contributed by atoms with van der Waals surface area (Å²) in [4.78, 5) is 0. The third-order valence-corrected chi connectivity index (χ3v) is 7.51. The third-order valence-electron chi connectivity index (χ3n) is 3.38. The molecule has 0 aromatic carbocycles. The van der Waals surface area contributed by atoms with Gasteiger partial charge in [0.05, 0.1) is 0 Å². The lowest BCUT2D eigenvalue weighted by Crippen LogP contribution is -2.37. The van der Waals surface area contributed by atoms with Crippen LogP contribution in [0.15, 0.2) is 20.1 Å². The van der Waals surface area contributed by atoms with Gasteiger partial charge in [-0.2, -0.15) is 0 Å². The number of hydrogen-bond donors (Lipinski definition) is 1. The van der Waals surface area contributed by atoms with Crippen molar-refractivity contribution in [1.29, 1.82) is 0 Å². The van der Waals surface area contributed by atoms with E-state index in [2.05, 4.69) is 20.7 Å². The van der Waals surface area contributed by atoms with Crippen LogP contribution in [0.1, 0.15) is 25.7 Å². The molecule has 0 saturated heterocycles. The lowest BCUT2D eigenvalue weighted by Gasteiger charge is -2.17. The first kappa shape index (κ1) is 12.1. The van der Waals surface area contributed by atoms with Crippen molar-refractivity contribution in [2.45, 2.75) is 35.9 Å². The molecule has 0 aliphatic heterocycles. The quantitative estimate of drug-likeness (QED) is 0.899. The van der Waals surface area contributed by atoms with Gasteiger partial charge in [0.25, 0.3) is 10.0 Å². The molecular weight excluding hydrogens is 322 g/mol. The summed E-state index contributed by atoms with van der Waals surface area (Å²) < 4.78 is 28.5. The van der Waals surface area contributed by atoms with Crippen LogP contribution in [0.25, 0.3) is 0 Å². The first-order valence-electron chi connectivity index (χ1n) is 5.83. The standard InChI is InChI=1S/C11H14BrNO2S2/c12-9-5-6-16-11(9)17(14,15)13-10(7-1-2-7)8-3-4-8/h5-8,10,13H,1-4H2. The number of hydrogen-bond acceptors (Lipinski definition) is 3. The first-order valence-corrected chi connectivity index (χ1v) is 8.99. The fourth-order valence-corrected chi connectivity index (χ4v) is 5.92. The van der Waals surface area contributed by atoms with Crippen LogP contribution in [0.2, 0.25) is 0 Å². The Bertz CT molecular complexity index is 505. The molecule has 0 amide bonds. The average Bonchev–Trinajstić information content (AvgIpc) is 3.15. The molecular formula is C11H14BrNO2S2. The molecule has 1 N–H and O–H groups in total. The van der Waals surface area contributed by atoms with Crippen LogP contribution < -0.4 is 4.72 Å². The van der Waals surface area contributed by atoms with Crippen LogP contribution in [0.4, 0.5) is 0 Å². The van der Waals surface area contributed by atoms with E-state index in [1.807, 2.05) is 0 Å². The Labute approximate surface area is 114 Å². The van der Waals surface area contributed by atoms with Gasteiger partial charge < -0.3 is 0 Å². The minimum absolute atomic E-state index is 0.175. The lowest BCUT2D eigenvalue weighted by atomic mass is 10.1. The monoisotopic (exact) mass is 335 g/mol. The Kier molecular flexibility index (Phi) is 3.09. The summed E-state index contributed by atoms with van der Waals surface area (Å²) in [5.41, 5.74) is 0. The van der Waals surface area contributed by atoms with E-state index in [0.29, 0.717) is 20.5 Å². The third kappa shape index (κ3) is 2.59. The van der Waals surface area contributed by atoms with E-state index >= 15 is 0 Å². The summed E-state index contributed by atoms with van der Waals surface area (Å²) in [6.07, 6.45) is 4.70. The highest BCUT2D eigenvalue weighted by Gasteiger charge is 2.43. The van der Waals surface area contributed by atoms with E-state index in [1.165, 1.54) is 37.0 Å². The van der Waals surface area contributed by atoms with E-state index in [9.17, 15) is 8.42 Å². The van der Waals surface area contributed by atoms with E-state index in [4.69, 9.17) is 0 Å². The maximum atomic E-state index is 12.3. The molecule has 3 nitrogen and oxygen atoms in total. The molecule has 2 saturated carbocycles. The lowest BCUT2D eigenvalue weighted by molar-refractivity contribution is 0.472. The SMILES string of the molecule is O=S(=O)(NC(C1CC1)C1CC1)c1sccc1Br. The van der Waals surface area contributed by atoms with E-state index in [-0.39, 0.29) is 6.04 Å². The van der Waals surface area contributed by atoms with Gasteiger partial charge >= 0.3 is 0 Å². The molecule has 1 aromatic heterocycles. The number of thiophene rings is 1. The predicted molar refractivity (Wildman–Crippen MR) is 71.6 cm³/mol. The number of nitrogens with one attached hydrogen (secondary N) is 1. The summed E-state index contributed by atoms with van der Waals surface area (Å²) in [5, 5.41) is 1.79. The van der Waals surface area contributed by atoms with Crippen LogP contribution in [0.5, 0.6) is 0 Å². The van der Waals surface area contributed by atoms with Gasteiger partial charge in [-0.25, -0.2) is 13.1 Å². The minimum atomic E-state index is -3.34. The minimum Gasteiger partial charge on any atom is -0.207 e. The van der Waals surface area contributed by atoms with Gasteiger partial charge in [0.1, 0.15) is 4.21 Å². The smallest absolute Gasteiger partial charge is 0.207 e. The zero-order chi connectivity index (χ0) is 12.0. The molecule has 3 rings (SSSR count). The van der Waals surface area contributed by atoms with E-state index in [1.54, 1.807) is 11.4 Å². The summed E-state index contributed by atoms with van der Waals surface area (Å²) in [6, 6.07) is 1.96. The second-order valence-corrected chi connectivity index (χ2v) is 8.56. The van der Waals surface area contributed by atoms with Crippen molar-refractivity contribution in [2.75, 3.05) is 0 Å². The molecule has 2 aliphatic rings. The molecule has 0 unspecified atom stereocenters. The fraction of sp³-hybridized carbons (Fsp3) is 0.636. The molecule has 6 heteroatoms. The van der Waals surface area contributed by atoms with Crippen molar-refractivity contribution in [3.8, 4) is 0 Å². The Balaban J connectivity index is 1.81. The summed E-state index contributed by atoms with van der Waals surface area (Å²) in [7, 11) is -3.34. The first-order chi connectivity index (χ1) is 8.08. The molecule has 94 valence electrons. The predicted octanol–water partition coefficient (Wildman–Crippen LogP) is 2.98. The Morgan fingerprint density at radius 1 is 1.29 bits per heavy atom. The Morgan fingerprint density at radius 2 is 1.88 bits per heavy atom. The van der Waals surface area contributed by atoms with Crippen molar-refractivity contribution in [3.05, 3.63) is 15.9 Å². The zero-order valence-corrected chi connectivity index (χ0v) is 12.4. The van der Waals surface area contributed by atoms with Crippen LogP contribution in [-0.4, -0.2) is 14.5 Å². The molecule has 2 fully saturated rings. The molecule has 2 aliphatic carbocycles. The molecule has 0 radical (unpaired) electrons. The van der Waals surface area contributed by atoms with Crippen molar-refractivity contribution in [3.63, 3.8) is 0 Å². The van der Waals surface area contributed by atoms with E-state index < -0.39 is 10.0 Å². The maximum Gasteiger partial charge on any atom is 0.251 e. The van der Waals surface area contributed by atoms with Crippen molar-refractivity contribution < 1.29 is 8.42 Å². The highest BCUT2D eigenvalue weighted by atomic mass is 79.9. The van der Waals surface area contributed by atoms with Crippen LogP contribution in [-0.2, 0) is 10.0 Å². The van der Waals surface area contributed by atoms with Gasteiger partial charge in [-0.05, 0) is 64.9 Å². The maximum absolute atomic E-state index is 12.3. The summed E-state index contributed by atoms with van der Waals surface area (Å²) >= 11 is 4.55. The Morgan fingerprint density at radius 3 is 2.29 bits per heavy atom. The summed E-state index contributed by atoms with van der Waals surface area (Å²) in [5.74, 6) is 1.16. The van der Waals surface area contributed by atoms with E-state index in [0.717, 1.165) is 0 Å². The molecule has 17 heavy (non-hydrogen) atoms. The van der Waals surface area contributed by atoms with Crippen molar-refractivity contribution in [2.24, 2.45) is 11.8 Å². The largest absolute Gasteiger partial charge is 0.251 e. The van der Waals surface area contributed by atoms with Gasteiger partial charge in [0.2, 0.25) is 0 Å². The van der Waals surface area contributed by atoms with Gasteiger partial charge in [0.15, 0.2) is 0 Å². The van der Waals surface area contributed by atoms with Crippen LogP contribution in [0.3, 0.4) is 0 Å². The van der Waals surface area contributed by atoms with Gasteiger partial charge in [0, 0.05) is 10.5 Å².